The molecule has 3 aromatic rings. The molecule has 0 spiro atoms. The summed E-state index contributed by atoms with van der Waals surface area (Å²) in [6, 6.07) is 18.9. The molecule has 0 aliphatic rings. The first-order chi connectivity index (χ1) is 17.6. The van der Waals surface area contributed by atoms with Crippen LogP contribution in [0.2, 0.25) is 0 Å². The number of nitrogens with zero attached hydrogens (tertiary/aromatic N) is 2. The lowest BCUT2D eigenvalue weighted by Gasteiger charge is -2.21. The molecule has 0 aliphatic heterocycles. The van der Waals surface area contributed by atoms with E-state index in [-0.39, 0.29) is 6.61 Å². The molecule has 0 saturated heterocycles. The van der Waals surface area contributed by atoms with Gasteiger partial charge < -0.3 is 10.1 Å². The van der Waals surface area contributed by atoms with Crippen LogP contribution in [-0.2, 0) is 26.0 Å². The van der Waals surface area contributed by atoms with E-state index in [1.54, 1.807) is 36.4 Å². The van der Waals surface area contributed by atoms with Crippen LogP contribution in [0.15, 0.2) is 77.9 Å². The van der Waals surface area contributed by atoms with E-state index in [0.717, 1.165) is 22.5 Å². The van der Waals surface area contributed by atoms with Crippen molar-refractivity contribution in [2.24, 2.45) is 5.10 Å². The number of benzene rings is 3. The number of hydrazone groups is 1. The fraction of sp³-hybridized carbons (Fsp3) is 0.192. The van der Waals surface area contributed by atoms with Gasteiger partial charge in [0, 0.05) is 5.69 Å². The molecule has 9 nitrogen and oxygen atoms in total. The van der Waals surface area contributed by atoms with E-state index in [9.17, 15) is 22.4 Å². The van der Waals surface area contributed by atoms with Crippen molar-refractivity contribution in [2.75, 3.05) is 29.0 Å². The highest BCUT2D eigenvalue weighted by molar-refractivity contribution is 7.92. The van der Waals surface area contributed by atoms with E-state index in [4.69, 9.17) is 4.74 Å². The highest BCUT2D eigenvalue weighted by Gasteiger charge is 2.20. The summed E-state index contributed by atoms with van der Waals surface area (Å²) in [6.07, 6.45) is 3.24. The number of hydrogen-bond donors (Lipinski definition) is 2. The number of rotatable bonds is 11. The normalized spacial score (nSPS) is 11.2. The van der Waals surface area contributed by atoms with Crippen LogP contribution >= 0.6 is 0 Å². The van der Waals surface area contributed by atoms with Crippen LogP contribution in [0.3, 0.4) is 0 Å². The van der Waals surface area contributed by atoms with Crippen molar-refractivity contribution in [1.29, 1.82) is 0 Å². The first-order valence-electron chi connectivity index (χ1n) is 11.3. The van der Waals surface area contributed by atoms with Gasteiger partial charge in [0.05, 0.1) is 18.2 Å². The second-order valence-electron chi connectivity index (χ2n) is 8.00. The van der Waals surface area contributed by atoms with Crippen LogP contribution in [-0.4, -0.2) is 45.9 Å². The molecule has 0 radical (unpaired) electrons. The van der Waals surface area contributed by atoms with Gasteiger partial charge in [-0.2, -0.15) is 5.10 Å². The molecule has 0 aliphatic carbocycles. The average molecular weight is 527 g/mol. The van der Waals surface area contributed by atoms with E-state index >= 15 is 0 Å². The van der Waals surface area contributed by atoms with E-state index < -0.39 is 34.2 Å². The summed E-state index contributed by atoms with van der Waals surface area (Å²) in [5, 5.41) is 6.47. The Bertz CT molecular complexity index is 1340. The van der Waals surface area contributed by atoms with Crippen LogP contribution in [0, 0.1) is 5.82 Å². The zero-order chi connectivity index (χ0) is 26.8. The van der Waals surface area contributed by atoms with Crippen molar-refractivity contribution < 1.29 is 27.1 Å². The number of sulfonamides is 1. The van der Waals surface area contributed by atoms with Crippen molar-refractivity contribution in [3.8, 4) is 5.75 Å². The molecule has 2 N–H and O–H groups in total. The van der Waals surface area contributed by atoms with E-state index in [1.165, 1.54) is 30.5 Å². The van der Waals surface area contributed by atoms with Gasteiger partial charge in [-0.05, 0) is 78.2 Å². The van der Waals surface area contributed by atoms with Crippen molar-refractivity contribution in [3.63, 3.8) is 0 Å². The lowest BCUT2D eigenvalue weighted by Crippen LogP contribution is -2.39. The summed E-state index contributed by atoms with van der Waals surface area (Å²) >= 11 is 0. The monoisotopic (exact) mass is 526 g/mol. The van der Waals surface area contributed by atoms with E-state index in [0.29, 0.717) is 22.7 Å². The lowest BCUT2D eigenvalue weighted by atomic mass is 10.1. The number of carbonyl (C=O) groups is 2. The Morgan fingerprint density at radius 1 is 0.973 bits per heavy atom. The van der Waals surface area contributed by atoms with Crippen LogP contribution < -0.4 is 19.8 Å². The predicted molar refractivity (Wildman–Crippen MR) is 141 cm³/mol. The number of hydrogen-bond acceptors (Lipinski definition) is 6. The molecule has 3 rings (SSSR count). The van der Waals surface area contributed by atoms with Crippen molar-refractivity contribution >= 4 is 39.4 Å². The maximum absolute atomic E-state index is 12.9. The molecular weight excluding hydrogens is 499 g/mol. The van der Waals surface area contributed by atoms with Crippen LogP contribution in [0.1, 0.15) is 18.1 Å². The SMILES string of the molecule is CCc1ccc(N(CC(=O)N/N=C\c2ccc(OCC(=O)Nc3ccc(F)cc3)cc2)S(C)(=O)=O)cc1. The van der Waals surface area contributed by atoms with Gasteiger partial charge in [-0.15, -0.1) is 0 Å². The summed E-state index contributed by atoms with van der Waals surface area (Å²) in [5.41, 5.74) is 4.86. The topological polar surface area (TPSA) is 117 Å². The van der Waals surface area contributed by atoms with Gasteiger partial charge in [-0.1, -0.05) is 19.1 Å². The molecule has 3 aromatic carbocycles. The third kappa shape index (κ3) is 8.73. The molecule has 0 unspecified atom stereocenters. The Labute approximate surface area is 215 Å². The van der Waals surface area contributed by atoms with E-state index in [2.05, 4.69) is 15.8 Å². The third-order valence-electron chi connectivity index (χ3n) is 5.10. The number of anilines is 2. The predicted octanol–water partition coefficient (Wildman–Crippen LogP) is 3.32. The van der Waals surface area contributed by atoms with Gasteiger partial charge >= 0.3 is 0 Å². The molecular formula is C26H27FN4O5S. The summed E-state index contributed by atoms with van der Waals surface area (Å²) in [6.45, 7) is 1.33. The Hall–Kier alpha value is -4.25. The molecule has 0 fully saturated rings. The molecule has 194 valence electrons. The molecule has 0 saturated carbocycles. The summed E-state index contributed by atoms with van der Waals surface area (Å²) < 4.78 is 43.8. The van der Waals surface area contributed by atoms with Gasteiger partial charge in [0.1, 0.15) is 18.1 Å². The number of ether oxygens (including phenoxy) is 1. The van der Waals surface area contributed by atoms with E-state index in [1.807, 2.05) is 19.1 Å². The van der Waals surface area contributed by atoms with Crippen LogP contribution in [0.4, 0.5) is 15.8 Å². The third-order valence-corrected chi connectivity index (χ3v) is 6.24. The van der Waals surface area contributed by atoms with Crippen molar-refractivity contribution in [3.05, 3.63) is 89.7 Å². The fourth-order valence-electron chi connectivity index (χ4n) is 3.17. The molecule has 0 bridgehead atoms. The van der Waals surface area contributed by atoms with Crippen LogP contribution in [0.25, 0.3) is 0 Å². The maximum Gasteiger partial charge on any atom is 0.262 e. The van der Waals surface area contributed by atoms with Crippen LogP contribution in [0.5, 0.6) is 5.75 Å². The number of carbonyl (C=O) groups excluding carboxylic acids is 2. The summed E-state index contributed by atoms with van der Waals surface area (Å²) in [4.78, 5) is 24.3. The van der Waals surface area contributed by atoms with Gasteiger partial charge in [0.2, 0.25) is 10.0 Å². The minimum atomic E-state index is -3.68. The second kappa shape index (κ2) is 12.6. The summed E-state index contributed by atoms with van der Waals surface area (Å²) in [5.74, 6) is -0.961. The maximum atomic E-state index is 12.9. The van der Waals surface area contributed by atoms with Gasteiger partial charge in [0.25, 0.3) is 11.8 Å². The number of nitrogens with one attached hydrogen (secondary N) is 2. The molecule has 0 heterocycles. The minimum absolute atomic E-state index is 0.237. The number of amides is 2. The highest BCUT2D eigenvalue weighted by atomic mass is 32.2. The number of halogens is 1. The molecule has 0 atom stereocenters. The Morgan fingerprint density at radius 3 is 2.22 bits per heavy atom. The highest BCUT2D eigenvalue weighted by Crippen LogP contribution is 2.18. The number of aryl methyl sites for hydroxylation is 1. The molecule has 37 heavy (non-hydrogen) atoms. The van der Waals surface area contributed by atoms with Gasteiger partial charge in [-0.25, -0.2) is 18.2 Å². The van der Waals surface area contributed by atoms with Gasteiger partial charge in [0.15, 0.2) is 6.61 Å². The quantitative estimate of drug-likeness (QED) is 0.294. The Kier molecular flexibility index (Phi) is 9.33. The fourth-order valence-corrected chi connectivity index (χ4v) is 4.03. The largest absolute Gasteiger partial charge is 0.484 e. The zero-order valence-corrected chi connectivity index (χ0v) is 21.2. The first-order valence-corrected chi connectivity index (χ1v) is 13.2. The average Bonchev–Trinajstić information content (AvgIpc) is 2.87. The molecule has 2 amide bonds. The Morgan fingerprint density at radius 2 is 1.62 bits per heavy atom. The summed E-state index contributed by atoms with van der Waals surface area (Å²) in [7, 11) is -3.68. The first kappa shape index (κ1) is 27.3. The standard InChI is InChI=1S/C26H27FN4O5S/c1-3-19-4-12-23(13-5-19)31(37(2,34)35)17-25(32)30-28-16-20-6-14-24(15-7-20)36-18-26(33)29-22-10-8-21(27)9-11-22/h4-16H,3,17-18H2,1-2H3,(H,29,33)(H,30,32)/b28-16-. The second-order valence-corrected chi connectivity index (χ2v) is 9.90. The molecule has 11 heteroatoms. The smallest absolute Gasteiger partial charge is 0.262 e. The molecule has 0 aromatic heterocycles. The lowest BCUT2D eigenvalue weighted by molar-refractivity contribution is -0.119. The Balaban J connectivity index is 1.49. The minimum Gasteiger partial charge on any atom is -0.484 e. The van der Waals surface area contributed by atoms with Crippen molar-refractivity contribution in [1.82, 2.24) is 5.43 Å². The van der Waals surface area contributed by atoms with Gasteiger partial charge in [-0.3, -0.25) is 13.9 Å². The zero-order valence-electron chi connectivity index (χ0n) is 20.3. The van der Waals surface area contributed by atoms with Crippen molar-refractivity contribution in [2.45, 2.75) is 13.3 Å².